The van der Waals surface area contributed by atoms with Crippen molar-refractivity contribution < 1.29 is 52.6 Å². The molecule has 0 fully saturated rings. The Morgan fingerprint density at radius 1 is 0.574 bits per heavy atom. The minimum atomic E-state index is -4.74. The lowest BCUT2D eigenvalue weighted by molar-refractivity contribution is -0.161. The number of carboxylic acids is 1. The highest BCUT2D eigenvalue weighted by Crippen LogP contribution is 2.43. The Bertz CT molecular complexity index is 1330. The number of hydrogen-bond donors (Lipinski definition) is 4. The van der Waals surface area contributed by atoms with E-state index in [2.05, 4.69) is 67.0 Å². The summed E-state index contributed by atoms with van der Waals surface area (Å²) >= 11 is 0. The van der Waals surface area contributed by atoms with E-state index < -0.39 is 57.7 Å². The van der Waals surface area contributed by atoms with E-state index in [9.17, 15) is 28.9 Å². The van der Waals surface area contributed by atoms with Crippen LogP contribution in [0, 0.1) is 0 Å². The third kappa shape index (κ3) is 42.0. The Labute approximate surface area is 368 Å². The van der Waals surface area contributed by atoms with Gasteiger partial charge in [-0.15, -0.1) is 0 Å². The van der Waals surface area contributed by atoms with Crippen LogP contribution in [-0.2, 0) is 37.5 Å². The van der Waals surface area contributed by atoms with E-state index in [0.29, 0.717) is 19.3 Å². The average molecular weight is 880 g/mol. The number of allylic oxidation sites excluding steroid dienone is 11. The molecule has 1 unspecified atom stereocenters. The molecular weight excluding hydrogens is 797 g/mol. The van der Waals surface area contributed by atoms with Gasteiger partial charge in [-0.2, -0.15) is 0 Å². The van der Waals surface area contributed by atoms with Crippen LogP contribution in [0.3, 0.4) is 0 Å². The van der Waals surface area contributed by atoms with Gasteiger partial charge in [0.25, 0.3) is 0 Å². The van der Waals surface area contributed by atoms with Crippen molar-refractivity contribution in [1.29, 1.82) is 0 Å². The van der Waals surface area contributed by atoms with Gasteiger partial charge in [0, 0.05) is 12.8 Å². The van der Waals surface area contributed by atoms with E-state index in [1.165, 1.54) is 51.4 Å². The third-order valence-electron chi connectivity index (χ3n) is 9.50. The molecule has 0 heterocycles. The molecule has 0 aliphatic carbocycles. The van der Waals surface area contributed by atoms with Crippen LogP contribution >= 0.6 is 7.82 Å². The molecule has 0 aromatic rings. The maximum atomic E-state index is 12.7. The van der Waals surface area contributed by atoms with Crippen LogP contribution in [0.4, 0.5) is 0 Å². The van der Waals surface area contributed by atoms with Crippen LogP contribution < -0.4 is 5.73 Å². The summed E-state index contributed by atoms with van der Waals surface area (Å²) in [6, 6.07) is -1.54. The molecule has 0 amide bonds. The molecule has 0 aliphatic heterocycles. The second-order valence-corrected chi connectivity index (χ2v) is 16.8. The number of carbonyl (C=O) groups is 3. The number of rotatable bonds is 42. The molecule has 0 aromatic carbocycles. The van der Waals surface area contributed by atoms with Gasteiger partial charge in [0.15, 0.2) is 6.10 Å². The van der Waals surface area contributed by atoms with E-state index in [4.69, 9.17) is 24.8 Å². The molecule has 61 heavy (non-hydrogen) atoms. The van der Waals surface area contributed by atoms with Gasteiger partial charge in [-0.05, 0) is 77.0 Å². The van der Waals surface area contributed by atoms with E-state index in [1.54, 1.807) is 0 Å². The number of aliphatic hydroxyl groups excluding tert-OH is 1. The maximum absolute atomic E-state index is 12.7. The highest BCUT2D eigenvalue weighted by molar-refractivity contribution is 7.47. The predicted octanol–water partition coefficient (Wildman–Crippen LogP) is 11.5. The predicted molar refractivity (Wildman–Crippen MR) is 246 cm³/mol. The number of carboxylic acid groups (broad SMARTS) is 1. The average Bonchev–Trinajstić information content (AvgIpc) is 3.23. The zero-order valence-corrected chi connectivity index (χ0v) is 38.5. The summed E-state index contributed by atoms with van der Waals surface area (Å²) < 4.78 is 32.7. The highest BCUT2D eigenvalue weighted by atomic mass is 31.2. The molecule has 350 valence electrons. The van der Waals surface area contributed by atoms with Crippen LogP contribution in [0.15, 0.2) is 72.9 Å². The second-order valence-electron chi connectivity index (χ2n) is 15.3. The Morgan fingerprint density at radius 3 is 1.59 bits per heavy atom. The van der Waals surface area contributed by atoms with Gasteiger partial charge in [0.1, 0.15) is 12.6 Å². The number of hydrogen-bond acceptors (Lipinski definition) is 10. The second kappa shape index (κ2) is 42.2. The van der Waals surface area contributed by atoms with Crippen molar-refractivity contribution in [3.05, 3.63) is 72.9 Å². The molecule has 13 heteroatoms. The van der Waals surface area contributed by atoms with Gasteiger partial charge < -0.3 is 30.3 Å². The van der Waals surface area contributed by atoms with Gasteiger partial charge in [-0.1, -0.05) is 157 Å². The smallest absolute Gasteiger partial charge is 0.472 e. The Balaban J connectivity index is 4.45. The topological polar surface area (TPSA) is 192 Å². The Kier molecular flexibility index (Phi) is 40.0. The number of esters is 2. The lowest BCUT2D eigenvalue weighted by atomic mass is 10.1. The minimum absolute atomic E-state index is 0.125. The largest absolute Gasteiger partial charge is 0.480 e. The van der Waals surface area contributed by atoms with Crippen molar-refractivity contribution in [2.45, 2.75) is 193 Å². The first-order chi connectivity index (χ1) is 29.5. The highest BCUT2D eigenvalue weighted by Gasteiger charge is 2.28. The van der Waals surface area contributed by atoms with E-state index in [-0.39, 0.29) is 18.9 Å². The summed E-state index contributed by atoms with van der Waals surface area (Å²) in [7, 11) is -4.74. The molecule has 5 N–H and O–H groups in total. The van der Waals surface area contributed by atoms with Crippen molar-refractivity contribution in [1.82, 2.24) is 0 Å². The van der Waals surface area contributed by atoms with Crippen LogP contribution in [0.2, 0.25) is 0 Å². The first-order valence-corrected chi connectivity index (χ1v) is 24.5. The monoisotopic (exact) mass is 880 g/mol. The summed E-state index contributed by atoms with van der Waals surface area (Å²) in [6.07, 6.45) is 47.3. The van der Waals surface area contributed by atoms with Crippen molar-refractivity contribution in [3.8, 4) is 0 Å². The van der Waals surface area contributed by atoms with Gasteiger partial charge in [-0.3, -0.25) is 23.4 Å². The molecule has 4 atom stereocenters. The van der Waals surface area contributed by atoms with E-state index >= 15 is 0 Å². The quantitative estimate of drug-likeness (QED) is 0.0197. The summed E-state index contributed by atoms with van der Waals surface area (Å²) in [5, 5.41) is 18.7. The molecule has 0 radical (unpaired) electrons. The molecule has 0 aliphatic rings. The first kappa shape index (κ1) is 57.9. The van der Waals surface area contributed by atoms with Crippen molar-refractivity contribution in [3.63, 3.8) is 0 Å². The fraction of sp³-hybridized carbons (Fsp3) is 0.688. The molecule has 0 saturated heterocycles. The molecule has 0 saturated carbocycles. The fourth-order valence-electron chi connectivity index (χ4n) is 5.81. The van der Waals surface area contributed by atoms with Crippen LogP contribution in [0.1, 0.15) is 174 Å². The van der Waals surface area contributed by atoms with Gasteiger partial charge in [0.05, 0.1) is 19.3 Å². The molecule has 0 aromatic heterocycles. The SMILES string of the molecule is CCCCC/C=C\C/C=C\CCCCCCCCCCCC(=O)O[C@H](COC(=O)CCC/C=C\C/C=C\C/C=C\C/C=C\[C@@H](O)CCCC)COP(=O)(O)OC[C@H](N)C(=O)O. The standard InChI is InChI=1S/C48H82NO11P/c1-3-5-7-8-9-10-11-12-13-14-15-16-17-18-23-26-29-32-35-39-47(52)60-44(41-58-61(55,56)59-42-45(49)48(53)54)40-57-46(51)38-34-31-28-25-22-20-19-21-24-27-30-33-37-43(50)36-6-4-2/h9-10,12-13,19-20,24-25,27-28,33,37,43-45,50H,3-8,11,14-18,21-23,26,29-32,34-36,38-42,49H2,1-2H3,(H,53,54)(H,55,56)/b10-9-,13-12-,20-19-,27-24-,28-25-,37-33-/t43-,44+,45-/m0/s1. The number of nitrogens with two attached hydrogens (primary N) is 1. The van der Waals surface area contributed by atoms with E-state index in [0.717, 1.165) is 77.0 Å². The molecule has 0 spiro atoms. The van der Waals surface area contributed by atoms with Crippen molar-refractivity contribution in [2.24, 2.45) is 5.73 Å². The number of unbranched alkanes of at least 4 members (excludes halogenated alkanes) is 14. The minimum Gasteiger partial charge on any atom is -0.480 e. The van der Waals surface area contributed by atoms with Crippen molar-refractivity contribution >= 4 is 25.7 Å². The maximum Gasteiger partial charge on any atom is 0.472 e. The summed E-state index contributed by atoms with van der Waals surface area (Å²) in [4.78, 5) is 46.0. The van der Waals surface area contributed by atoms with Gasteiger partial charge in [0.2, 0.25) is 0 Å². The van der Waals surface area contributed by atoms with Gasteiger partial charge >= 0.3 is 25.7 Å². The number of phosphoric acid groups is 1. The zero-order chi connectivity index (χ0) is 45.1. The molecular formula is C48H82NO11P. The third-order valence-corrected chi connectivity index (χ3v) is 10.4. The lowest BCUT2D eigenvalue weighted by Crippen LogP contribution is -2.34. The first-order valence-electron chi connectivity index (χ1n) is 23.1. The number of ether oxygens (including phenoxy) is 2. The van der Waals surface area contributed by atoms with E-state index in [1.807, 2.05) is 24.3 Å². The van der Waals surface area contributed by atoms with Crippen molar-refractivity contribution in [2.75, 3.05) is 19.8 Å². The number of aliphatic hydroxyl groups is 1. The lowest BCUT2D eigenvalue weighted by Gasteiger charge is -2.20. The Morgan fingerprint density at radius 2 is 1.03 bits per heavy atom. The number of aliphatic carboxylic acids is 1. The molecule has 0 rings (SSSR count). The zero-order valence-electron chi connectivity index (χ0n) is 37.6. The molecule has 12 nitrogen and oxygen atoms in total. The normalized spacial score (nSPS) is 14.8. The number of phosphoric ester groups is 1. The Hall–Kier alpha value is -3.12. The fourth-order valence-corrected chi connectivity index (χ4v) is 6.59. The molecule has 0 bridgehead atoms. The van der Waals surface area contributed by atoms with Crippen LogP contribution in [0.25, 0.3) is 0 Å². The van der Waals surface area contributed by atoms with Crippen LogP contribution in [-0.4, -0.2) is 71.1 Å². The van der Waals surface area contributed by atoms with Crippen LogP contribution in [0.5, 0.6) is 0 Å². The summed E-state index contributed by atoms with van der Waals surface area (Å²) in [5.74, 6) is -2.49. The summed E-state index contributed by atoms with van der Waals surface area (Å²) in [5.41, 5.74) is 5.33. The van der Waals surface area contributed by atoms with Gasteiger partial charge in [-0.25, -0.2) is 4.57 Å². The number of carbonyl (C=O) groups excluding carboxylic acids is 2. The summed E-state index contributed by atoms with van der Waals surface area (Å²) in [6.45, 7) is 2.55.